The number of nitrogens with one attached hydrogen (secondary N) is 2. The molecule has 2 amide bonds. The lowest BCUT2D eigenvalue weighted by atomic mass is 10.0. The molecular weight excluding hydrogens is 359 g/mol. The van der Waals surface area contributed by atoms with Crippen molar-refractivity contribution in [3.8, 4) is 5.75 Å². The van der Waals surface area contributed by atoms with Gasteiger partial charge < -0.3 is 20.8 Å². The van der Waals surface area contributed by atoms with E-state index in [1.54, 1.807) is 0 Å². The van der Waals surface area contributed by atoms with Gasteiger partial charge in [0.2, 0.25) is 5.75 Å². The second-order valence-electron chi connectivity index (χ2n) is 6.36. The summed E-state index contributed by atoms with van der Waals surface area (Å²) in [5.74, 6) is -2.17. The molecule has 0 aliphatic carbocycles. The molecule has 4 N–H and O–H groups in total. The van der Waals surface area contributed by atoms with Crippen molar-refractivity contribution in [2.45, 2.75) is 25.9 Å². The maximum absolute atomic E-state index is 12.9. The zero-order valence-electron chi connectivity index (χ0n) is 14.9. The summed E-state index contributed by atoms with van der Waals surface area (Å²) in [5, 5.41) is 23.6. The second-order valence-corrected chi connectivity index (χ2v) is 6.36. The summed E-state index contributed by atoms with van der Waals surface area (Å²) in [6.45, 7) is 2.93. The molecule has 10 heteroatoms. The Balaban J connectivity index is 2.35. The predicted molar refractivity (Wildman–Crippen MR) is 92.9 cm³/mol. The molecule has 0 saturated heterocycles. The molecule has 0 unspecified atom stereocenters. The van der Waals surface area contributed by atoms with Gasteiger partial charge >= 0.3 is 6.09 Å². The van der Waals surface area contributed by atoms with Crippen LogP contribution in [0.4, 0.5) is 9.18 Å². The van der Waals surface area contributed by atoms with Crippen LogP contribution >= 0.6 is 0 Å². The third-order valence-corrected chi connectivity index (χ3v) is 3.83. The number of aromatic nitrogens is 2. The number of amides is 2. The summed E-state index contributed by atoms with van der Waals surface area (Å²) in [5.41, 5.74) is -2.14. The number of halogens is 1. The summed E-state index contributed by atoms with van der Waals surface area (Å²) in [6.07, 6.45) is -1.34. The predicted octanol–water partition coefficient (Wildman–Crippen LogP) is 1.06. The molecule has 0 saturated carbocycles. The van der Waals surface area contributed by atoms with Gasteiger partial charge in [-0.1, -0.05) is 12.1 Å². The minimum Gasteiger partial charge on any atom is -0.501 e. The van der Waals surface area contributed by atoms with Gasteiger partial charge in [-0.05, 0) is 31.5 Å². The first kappa shape index (κ1) is 19.9. The lowest BCUT2D eigenvalue weighted by molar-refractivity contribution is 0.0941. The molecule has 0 bridgehead atoms. The lowest BCUT2D eigenvalue weighted by Crippen LogP contribution is -2.45. The Morgan fingerprint density at radius 1 is 1.26 bits per heavy atom. The van der Waals surface area contributed by atoms with Crippen LogP contribution in [-0.4, -0.2) is 31.8 Å². The number of hydrogen-bond acceptors (Lipinski definition) is 5. The number of aromatic hydroxyl groups is 1. The molecule has 0 fully saturated rings. The van der Waals surface area contributed by atoms with Crippen LogP contribution in [0.25, 0.3) is 0 Å². The zero-order chi connectivity index (χ0) is 20.4. The Morgan fingerprint density at radius 2 is 1.85 bits per heavy atom. The first-order valence-electron chi connectivity index (χ1n) is 7.87. The van der Waals surface area contributed by atoms with E-state index in [-0.39, 0.29) is 12.4 Å². The Labute approximate surface area is 153 Å². The Kier molecular flexibility index (Phi) is 5.48. The SMILES string of the molecule is Cn1c(C(C)(C)NC(=O)O)nc(C(=O)NCc2ccc(F)cc2)c(O)c1=O. The monoisotopic (exact) mass is 378 g/mol. The number of hydrogen-bond donors (Lipinski definition) is 4. The van der Waals surface area contributed by atoms with Gasteiger partial charge in [0.25, 0.3) is 11.5 Å². The van der Waals surface area contributed by atoms with Crippen molar-refractivity contribution in [2.75, 3.05) is 0 Å². The standard InChI is InChI=1S/C17H19FN4O5/c1-17(2,21-16(26)27)15-20-11(12(23)14(25)22(15)3)13(24)19-8-9-4-6-10(18)7-5-9/h4-7,21,23H,8H2,1-3H3,(H,19,24)(H,26,27). The van der Waals surface area contributed by atoms with Crippen molar-refractivity contribution in [3.05, 3.63) is 57.5 Å². The molecule has 144 valence electrons. The summed E-state index contributed by atoms with van der Waals surface area (Å²) in [4.78, 5) is 39.6. The van der Waals surface area contributed by atoms with Gasteiger partial charge in [-0.2, -0.15) is 0 Å². The molecule has 2 rings (SSSR count). The number of benzene rings is 1. The van der Waals surface area contributed by atoms with Gasteiger partial charge in [0, 0.05) is 13.6 Å². The van der Waals surface area contributed by atoms with Crippen LogP contribution in [0.1, 0.15) is 35.7 Å². The molecule has 27 heavy (non-hydrogen) atoms. The maximum atomic E-state index is 12.9. The fourth-order valence-corrected chi connectivity index (χ4v) is 2.50. The molecule has 0 aliphatic rings. The molecule has 9 nitrogen and oxygen atoms in total. The first-order chi connectivity index (χ1) is 12.5. The van der Waals surface area contributed by atoms with Gasteiger partial charge in [-0.15, -0.1) is 0 Å². The highest BCUT2D eigenvalue weighted by molar-refractivity contribution is 5.94. The Morgan fingerprint density at radius 3 is 2.41 bits per heavy atom. The van der Waals surface area contributed by atoms with Crippen LogP contribution in [0.3, 0.4) is 0 Å². The molecule has 0 radical (unpaired) electrons. The normalized spacial score (nSPS) is 11.1. The highest BCUT2D eigenvalue weighted by atomic mass is 19.1. The van der Waals surface area contributed by atoms with E-state index in [0.717, 1.165) is 4.57 Å². The van der Waals surface area contributed by atoms with Crippen LogP contribution in [0.5, 0.6) is 5.75 Å². The van der Waals surface area contributed by atoms with Crippen molar-refractivity contribution in [3.63, 3.8) is 0 Å². The number of nitrogens with zero attached hydrogens (tertiary/aromatic N) is 2. The molecule has 0 spiro atoms. The number of rotatable bonds is 5. The average molecular weight is 378 g/mol. The maximum Gasteiger partial charge on any atom is 0.405 e. The summed E-state index contributed by atoms with van der Waals surface area (Å²) in [7, 11) is 1.30. The summed E-state index contributed by atoms with van der Waals surface area (Å²) < 4.78 is 13.9. The van der Waals surface area contributed by atoms with Crippen molar-refractivity contribution in [1.82, 2.24) is 20.2 Å². The van der Waals surface area contributed by atoms with Gasteiger partial charge in [0.05, 0.1) is 5.54 Å². The number of carbonyl (C=O) groups excluding carboxylic acids is 1. The molecule has 1 heterocycles. The van der Waals surface area contributed by atoms with Crippen molar-refractivity contribution < 1.29 is 24.2 Å². The molecular formula is C17H19FN4O5. The minimum atomic E-state index is -1.34. The summed E-state index contributed by atoms with van der Waals surface area (Å²) in [6, 6.07) is 5.40. The fourth-order valence-electron chi connectivity index (χ4n) is 2.50. The first-order valence-corrected chi connectivity index (χ1v) is 7.87. The van der Waals surface area contributed by atoms with Crippen LogP contribution in [-0.2, 0) is 19.1 Å². The van der Waals surface area contributed by atoms with Gasteiger partial charge in [0.1, 0.15) is 11.6 Å². The van der Waals surface area contributed by atoms with Crippen LogP contribution in [0.2, 0.25) is 0 Å². The van der Waals surface area contributed by atoms with E-state index in [1.165, 1.54) is 45.2 Å². The van der Waals surface area contributed by atoms with Gasteiger partial charge in [0.15, 0.2) is 5.69 Å². The van der Waals surface area contributed by atoms with Crippen molar-refractivity contribution in [1.29, 1.82) is 0 Å². The van der Waals surface area contributed by atoms with E-state index in [0.29, 0.717) is 5.56 Å². The van der Waals surface area contributed by atoms with Crippen molar-refractivity contribution >= 4 is 12.0 Å². The fraction of sp³-hybridized carbons (Fsp3) is 0.294. The lowest BCUT2D eigenvalue weighted by Gasteiger charge is -2.26. The molecule has 1 aromatic heterocycles. The smallest absolute Gasteiger partial charge is 0.405 e. The quantitative estimate of drug-likeness (QED) is 0.615. The van der Waals surface area contributed by atoms with Crippen molar-refractivity contribution in [2.24, 2.45) is 7.05 Å². The molecule has 1 aromatic carbocycles. The highest BCUT2D eigenvalue weighted by Crippen LogP contribution is 2.19. The van der Waals surface area contributed by atoms with Crippen LogP contribution < -0.4 is 16.2 Å². The number of carboxylic acid groups (broad SMARTS) is 1. The highest BCUT2D eigenvalue weighted by Gasteiger charge is 2.31. The third kappa shape index (κ3) is 4.40. The van der Waals surface area contributed by atoms with E-state index >= 15 is 0 Å². The number of carbonyl (C=O) groups is 2. The minimum absolute atomic E-state index is 0.0154. The van der Waals surface area contributed by atoms with E-state index < -0.39 is 40.4 Å². The Bertz CT molecular complexity index is 938. The molecule has 0 aliphatic heterocycles. The molecule has 2 aromatic rings. The third-order valence-electron chi connectivity index (χ3n) is 3.83. The zero-order valence-corrected chi connectivity index (χ0v) is 14.9. The van der Waals surface area contributed by atoms with E-state index in [4.69, 9.17) is 5.11 Å². The summed E-state index contributed by atoms with van der Waals surface area (Å²) >= 11 is 0. The largest absolute Gasteiger partial charge is 0.501 e. The second kappa shape index (κ2) is 7.44. The van der Waals surface area contributed by atoms with Crippen LogP contribution in [0, 0.1) is 5.82 Å². The Hall–Kier alpha value is -3.43. The van der Waals surface area contributed by atoms with E-state index in [9.17, 15) is 23.9 Å². The molecule has 0 atom stereocenters. The van der Waals surface area contributed by atoms with Gasteiger partial charge in [-0.3, -0.25) is 14.2 Å². The van der Waals surface area contributed by atoms with Crippen LogP contribution in [0.15, 0.2) is 29.1 Å². The van der Waals surface area contributed by atoms with E-state index in [1.807, 2.05) is 0 Å². The van der Waals surface area contributed by atoms with E-state index in [2.05, 4.69) is 15.6 Å². The average Bonchev–Trinajstić information content (AvgIpc) is 2.57. The topological polar surface area (TPSA) is 134 Å². The van der Waals surface area contributed by atoms with Gasteiger partial charge in [-0.25, -0.2) is 14.2 Å².